The molecular formula is C18H23N5O4. The lowest BCUT2D eigenvalue weighted by Gasteiger charge is -2.26. The van der Waals surface area contributed by atoms with E-state index in [1.807, 2.05) is 6.07 Å². The predicted molar refractivity (Wildman–Crippen MR) is 98.1 cm³/mol. The fraction of sp³-hybridized carbons (Fsp3) is 0.444. The fourth-order valence-electron chi connectivity index (χ4n) is 2.78. The lowest BCUT2D eigenvalue weighted by atomic mass is 10.2. The fourth-order valence-corrected chi connectivity index (χ4v) is 2.78. The van der Waals surface area contributed by atoms with Crippen LogP contribution >= 0.6 is 0 Å². The Morgan fingerprint density at radius 2 is 1.96 bits per heavy atom. The molecule has 2 amide bonds. The van der Waals surface area contributed by atoms with Gasteiger partial charge in [-0.3, -0.25) is 19.5 Å². The van der Waals surface area contributed by atoms with Crippen LogP contribution in [0.5, 0.6) is 0 Å². The predicted octanol–water partition coefficient (Wildman–Crippen LogP) is -0.831. The molecule has 3 N–H and O–H groups in total. The summed E-state index contributed by atoms with van der Waals surface area (Å²) in [6.07, 6.45) is 1.35. The topological polar surface area (TPSA) is 117 Å². The van der Waals surface area contributed by atoms with Gasteiger partial charge in [0.2, 0.25) is 5.91 Å². The number of nitrogens with one attached hydrogen (secondary N) is 2. The van der Waals surface area contributed by atoms with Gasteiger partial charge in [-0.25, -0.2) is 4.98 Å². The smallest absolute Gasteiger partial charge is 0.272 e. The minimum absolute atomic E-state index is 0.0910. The zero-order valence-corrected chi connectivity index (χ0v) is 14.9. The Labute approximate surface area is 156 Å². The second-order valence-electron chi connectivity index (χ2n) is 6.20. The zero-order valence-electron chi connectivity index (χ0n) is 14.9. The van der Waals surface area contributed by atoms with Gasteiger partial charge in [-0.1, -0.05) is 12.1 Å². The third-order valence-corrected chi connectivity index (χ3v) is 4.32. The monoisotopic (exact) mass is 373 g/mol. The van der Waals surface area contributed by atoms with Crippen molar-refractivity contribution in [3.8, 4) is 0 Å². The van der Waals surface area contributed by atoms with Crippen molar-refractivity contribution in [1.82, 2.24) is 25.5 Å². The number of hydrogen-bond acceptors (Lipinski definition) is 7. The van der Waals surface area contributed by atoms with E-state index in [1.165, 1.54) is 6.20 Å². The summed E-state index contributed by atoms with van der Waals surface area (Å²) in [4.78, 5) is 35.2. The highest BCUT2D eigenvalue weighted by Gasteiger charge is 2.21. The van der Waals surface area contributed by atoms with E-state index in [-0.39, 0.29) is 5.69 Å². The van der Waals surface area contributed by atoms with Gasteiger partial charge in [0, 0.05) is 26.2 Å². The minimum Gasteiger partial charge on any atom is -0.394 e. The Bertz CT molecular complexity index is 794. The number of morpholine rings is 1. The van der Waals surface area contributed by atoms with E-state index in [0.717, 1.165) is 13.1 Å². The number of para-hydroxylation sites is 2. The van der Waals surface area contributed by atoms with Crippen molar-refractivity contribution < 1.29 is 19.4 Å². The molecule has 9 nitrogen and oxygen atoms in total. The zero-order chi connectivity index (χ0) is 19.1. The van der Waals surface area contributed by atoms with Gasteiger partial charge in [-0.15, -0.1) is 0 Å². The van der Waals surface area contributed by atoms with Gasteiger partial charge < -0.3 is 20.5 Å². The molecule has 9 heteroatoms. The number of amides is 2. The Morgan fingerprint density at radius 3 is 2.70 bits per heavy atom. The molecule has 1 fully saturated rings. The first kappa shape index (κ1) is 19.2. The molecule has 2 heterocycles. The standard InChI is InChI=1S/C18H23N5O4/c24-12-16(17(25)19-5-6-23-7-9-27-10-8-23)22-18(26)15-11-20-13-3-1-2-4-14(13)21-15/h1-4,11,16,24H,5-10,12H2,(H,19,25)(H,22,26)/t16-/m0/s1. The van der Waals surface area contributed by atoms with Crippen molar-refractivity contribution in [2.24, 2.45) is 0 Å². The number of carbonyl (C=O) groups excluding carboxylic acids is 2. The normalized spacial score (nSPS) is 16.0. The van der Waals surface area contributed by atoms with Crippen LogP contribution in [-0.4, -0.2) is 83.8 Å². The Kier molecular flexibility index (Phi) is 6.64. The first-order valence-electron chi connectivity index (χ1n) is 8.88. The molecule has 1 aliphatic rings. The van der Waals surface area contributed by atoms with E-state index < -0.39 is 24.5 Å². The Hall–Kier alpha value is -2.62. The lowest BCUT2D eigenvalue weighted by Crippen LogP contribution is -2.50. The van der Waals surface area contributed by atoms with Crippen LogP contribution in [0.3, 0.4) is 0 Å². The summed E-state index contributed by atoms with van der Waals surface area (Å²) in [5, 5.41) is 14.7. The molecule has 0 bridgehead atoms. The molecule has 1 aliphatic heterocycles. The number of rotatable bonds is 7. The molecule has 2 aromatic rings. The number of fused-ring (bicyclic) bond motifs is 1. The van der Waals surface area contributed by atoms with Gasteiger partial charge in [-0.05, 0) is 12.1 Å². The van der Waals surface area contributed by atoms with Gasteiger partial charge in [0.15, 0.2) is 0 Å². The number of aliphatic hydroxyl groups excluding tert-OH is 1. The molecule has 0 unspecified atom stereocenters. The summed E-state index contributed by atoms with van der Waals surface area (Å²) in [5.74, 6) is -0.997. The van der Waals surface area contributed by atoms with Crippen LogP contribution in [0.1, 0.15) is 10.5 Å². The summed E-state index contributed by atoms with van der Waals surface area (Å²) in [5.41, 5.74) is 1.35. The average Bonchev–Trinajstić information content (AvgIpc) is 2.72. The molecular weight excluding hydrogens is 350 g/mol. The highest BCUT2D eigenvalue weighted by atomic mass is 16.5. The summed E-state index contributed by atoms with van der Waals surface area (Å²) in [6.45, 7) is 3.66. The van der Waals surface area contributed by atoms with E-state index in [4.69, 9.17) is 4.74 Å². The number of nitrogens with zero attached hydrogens (tertiary/aromatic N) is 3. The maximum absolute atomic E-state index is 12.4. The Morgan fingerprint density at radius 1 is 1.22 bits per heavy atom. The maximum Gasteiger partial charge on any atom is 0.272 e. The van der Waals surface area contributed by atoms with Gasteiger partial charge in [0.25, 0.3) is 5.91 Å². The van der Waals surface area contributed by atoms with Crippen LogP contribution in [0.2, 0.25) is 0 Å². The first-order chi connectivity index (χ1) is 13.2. The third kappa shape index (κ3) is 5.19. The highest BCUT2D eigenvalue weighted by Crippen LogP contribution is 2.08. The van der Waals surface area contributed by atoms with Gasteiger partial charge in [0.05, 0.1) is 37.1 Å². The number of carbonyl (C=O) groups is 2. The van der Waals surface area contributed by atoms with Crippen LogP contribution in [-0.2, 0) is 9.53 Å². The van der Waals surface area contributed by atoms with E-state index in [1.54, 1.807) is 18.2 Å². The second-order valence-corrected chi connectivity index (χ2v) is 6.20. The molecule has 3 rings (SSSR count). The molecule has 0 spiro atoms. The van der Waals surface area contributed by atoms with Crippen molar-refractivity contribution in [2.45, 2.75) is 6.04 Å². The van der Waals surface area contributed by atoms with Crippen LogP contribution in [0, 0.1) is 0 Å². The molecule has 0 aliphatic carbocycles. The van der Waals surface area contributed by atoms with E-state index in [0.29, 0.717) is 37.3 Å². The maximum atomic E-state index is 12.4. The lowest BCUT2D eigenvalue weighted by molar-refractivity contribution is -0.123. The SMILES string of the molecule is O=C(N[C@@H](CO)C(=O)NCCN1CCOCC1)c1cnc2ccccc2n1. The molecule has 1 aromatic heterocycles. The van der Waals surface area contributed by atoms with Crippen molar-refractivity contribution in [3.05, 3.63) is 36.2 Å². The quantitative estimate of drug-likeness (QED) is 0.580. The number of aromatic nitrogens is 2. The molecule has 1 saturated heterocycles. The molecule has 1 atom stereocenters. The summed E-state index contributed by atoms with van der Waals surface area (Å²) < 4.78 is 5.27. The molecule has 0 radical (unpaired) electrons. The number of aliphatic hydroxyl groups is 1. The summed E-state index contributed by atoms with van der Waals surface area (Å²) >= 11 is 0. The minimum atomic E-state index is -1.05. The number of ether oxygens (including phenoxy) is 1. The third-order valence-electron chi connectivity index (χ3n) is 4.32. The number of benzene rings is 1. The summed E-state index contributed by atoms with van der Waals surface area (Å²) in [7, 11) is 0. The second kappa shape index (κ2) is 9.36. The van der Waals surface area contributed by atoms with Crippen LogP contribution in [0.15, 0.2) is 30.5 Å². The van der Waals surface area contributed by atoms with Crippen LogP contribution in [0.4, 0.5) is 0 Å². The molecule has 27 heavy (non-hydrogen) atoms. The largest absolute Gasteiger partial charge is 0.394 e. The first-order valence-corrected chi connectivity index (χ1v) is 8.88. The van der Waals surface area contributed by atoms with Gasteiger partial charge in [0.1, 0.15) is 11.7 Å². The number of hydrogen-bond donors (Lipinski definition) is 3. The molecule has 1 aromatic carbocycles. The Balaban J connectivity index is 1.52. The van der Waals surface area contributed by atoms with Crippen molar-refractivity contribution >= 4 is 22.8 Å². The average molecular weight is 373 g/mol. The van der Waals surface area contributed by atoms with Crippen LogP contribution in [0.25, 0.3) is 11.0 Å². The van der Waals surface area contributed by atoms with E-state index >= 15 is 0 Å². The van der Waals surface area contributed by atoms with E-state index in [2.05, 4.69) is 25.5 Å². The van der Waals surface area contributed by atoms with Gasteiger partial charge >= 0.3 is 0 Å². The van der Waals surface area contributed by atoms with Crippen molar-refractivity contribution in [2.75, 3.05) is 46.0 Å². The molecule has 144 valence electrons. The summed E-state index contributed by atoms with van der Waals surface area (Å²) in [6, 6.07) is 6.14. The van der Waals surface area contributed by atoms with Crippen molar-refractivity contribution in [3.63, 3.8) is 0 Å². The van der Waals surface area contributed by atoms with Crippen LogP contribution < -0.4 is 10.6 Å². The molecule has 0 saturated carbocycles. The van der Waals surface area contributed by atoms with Crippen molar-refractivity contribution in [1.29, 1.82) is 0 Å². The highest BCUT2D eigenvalue weighted by molar-refractivity contribution is 5.97. The van der Waals surface area contributed by atoms with Gasteiger partial charge in [-0.2, -0.15) is 0 Å². The van der Waals surface area contributed by atoms with E-state index in [9.17, 15) is 14.7 Å².